The lowest BCUT2D eigenvalue weighted by Crippen LogP contribution is -2.48. The van der Waals surface area contributed by atoms with E-state index in [0.29, 0.717) is 28.8 Å². The Labute approximate surface area is 226 Å². The van der Waals surface area contributed by atoms with E-state index in [4.69, 9.17) is 27.9 Å². The third-order valence-electron chi connectivity index (χ3n) is 6.19. The molecule has 1 aliphatic rings. The molecule has 0 saturated heterocycles. The predicted molar refractivity (Wildman–Crippen MR) is 145 cm³/mol. The van der Waals surface area contributed by atoms with Crippen molar-refractivity contribution in [2.75, 3.05) is 26.2 Å². The van der Waals surface area contributed by atoms with Crippen molar-refractivity contribution in [1.82, 2.24) is 9.21 Å². The van der Waals surface area contributed by atoms with Crippen LogP contribution in [0.2, 0.25) is 10.0 Å². The van der Waals surface area contributed by atoms with Gasteiger partial charge in [-0.25, -0.2) is 8.42 Å². The molecule has 2 heterocycles. The first-order valence-electron chi connectivity index (χ1n) is 11.7. The number of fused-ring (bicyclic) bond motifs is 1. The molecule has 1 aliphatic heterocycles. The van der Waals surface area contributed by atoms with Crippen molar-refractivity contribution in [2.45, 2.75) is 37.6 Å². The quantitative estimate of drug-likeness (QED) is 0.320. The summed E-state index contributed by atoms with van der Waals surface area (Å²) < 4.78 is 34.0. The van der Waals surface area contributed by atoms with Crippen molar-refractivity contribution in [3.63, 3.8) is 0 Å². The lowest BCUT2D eigenvalue weighted by Gasteiger charge is -2.37. The van der Waals surface area contributed by atoms with Gasteiger partial charge in [-0.2, -0.15) is 4.31 Å². The third-order valence-corrected chi connectivity index (χ3v) is 9.72. The first-order chi connectivity index (χ1) is 17.2. The second-order valence-electron chi connectivity index (χ2n) is 8.67. The van der Waals surface area contributed by atoms with Gasteiger partial charge in [0.2, 0.25) is 15.9 Å². The molecule has 0 radical (unpaired) electrons. The Kier molecular flexibility index (Phi) is 8.63. The molecule has 0 saturated carbocycles. The number of amides is 1. The number of sulfonamides is 1. The van der Waals surface area contributed by atoms with E-state index in [9.17, 15) is 13.2 Å². The van der Waals surface area contributed by atoms with Crippen molar-refractivity contribution < 1.29 is 17.9 Å². The third kappa shape index (κ3) is 5.89. The molecular weight excluding hydrogens is 539 g/mol. The van der Waals surface area contributed by atoms with Crippen LogP contribution < -0.4 is 4.74 Å². The second-order valence-corrected chi connectivity index (χ2v) is 12.4. The summed E-state index contributed by atoms with van der Waals surface area (Å²) in [4.78, 5) is 16.7. The number of nitrogens with zero attached hydrogens (tertiary/aromatic N) is 2. The van der Waals surface area contributed by atoms with Gasteiger partial charge in [0, 0.05) is 28.0 Å². The number of benzene rings is 2. The molecule has 1 atom stereocenters. The zero-order chi connectivity index (χ0) is 25.9. The topological polar surface area (TPSA) is 66.9 Å². The monoisotopic (exact) mass is 566 g/mol. The van der Waals surface area contributed by atoms with Crippen molar-refractivity contribution in [3.8, 4) is 5.75 Å². The van der Waals surface area contributed by atoms with E-state index in [0.717, 1.165) is 17.5 Å². The predicted octanol–water partition coefficient (Wildman–Crippen LogP) is 5.97. The minimum absolute atomic E-state index is 0.116. The SMILES string of the molecule is CCCN(CC(=O)N1CCc2sccc2C1COc1ccc(Cl)c(C)c1)S(=O)(=O)c1ccc(Cl)cc1. The number of rotatable bonds is 9. The van der Waals surface area contributed by atoms with E-state index in [2.05, 4.69) is 0 Å². The van der Waals surface area contributed by atoms with Crippen LogP contribution in [0.1, 0.15) is 35.4 Å². The average molecular weight is 568 g/mol. The maximum absolute atomic E-state index is 13.6. The Bertz CT molecular complexity index is 1330. The first-order valence-corrected chi connectivity index (χ1v) is 14.8. The molecule has 1 amide bonds. The fourth-order valence-corrected chi connectivity index (χ4v) is 6.94. The zero-order valence-electron chi connectivity index (χ0n) is 20.1. The lowest BCUT2D eigenvalue weighted by atomic mass is 10.0. The molecule has 0 bridgehead atoms. The van der Waals surface area contributed by atoms with Crippen LogP contribution in [0.5, 0.6) is 5.75 Å². The summed E-state index contributed by atoms with van der Waals surface area (Å²) >= 11 is 13.7. The van der Waals surface area contributed by atoms with Crippen LogP contribution in [0.15, 0.2) is 58.8 Å². The summed E-state index contributed by atoms with van der Waals surface area (Å²) in [5.41, 5.74) is 1.96. The lowest BCUT2D eigenvalue weighted by molar-refractivity contribution is -0.135. The van der Waals surface area contributed by atoms with E-state index in [-0.39, 0.29) is 36.5 Å². The van der Waals surface area contributed by atoms with E-state index in [1.807, 2.05) is 31.4 Å². The van der Waals surface area contributed by atoms with Gasteiger partial charge in [0.05, 0.1) is 17.5 Å². The standard InChI is InChI=1S/C26H28Cl2N2O4S2/c1-3-12-29(36(32,33)21-7-4-19(27)5-8-21)16-26(31)30-13-10-25-22(11-14-35-25)24(30)17-34-20-6-9-23(28)18(2)15-20/h4-9,11,14-15,24H,3,10,12-13,16-17H2,1-2H3. The van der Waals surface area contributed by atoms with Gasteiger partial charge in [-0.15, -0.1) is 11.3 Å². The van der Waals surface area contributed by atoms with Crippen LogP contribution in [0.25, 0.3) is 0 Å². The Morgan fingerprint density at radius 2 is 1.92 bits per heavy atom. The number of hydrogen-bond donors (Lipinski definition) is 0. The molecule has 0 N–H and O–H groups in total. The molecule has 192 valence electrons. The van der Waals surface area contributed by atoms with Gasteiger partial charge in [0.1, 0.15) is 12.4 Å². The highest BCUT2D eigenvalue weighted by molar-refractivity contribution is 7.89. The fourth-order valence-electron chi connectivity index (χ4n) is 4.29. The molecule has 10 heteroatoms. The van der Waals surface area contributed by atoms with Gasteiger partial charge in [-0.05, 0) is 84.8 Å². The molecule has 2 aromatic carbocycles. The van der Waals surface area contributed by atoms with Crippen LogP contribution in [-0.2, 0) is 21.2 Å². The summed E-state index contributed by atoms with van der Waals surface area (Å²) in [6.07, 6.45) is 1.31. The number of carbonyl (C=O) groups is 1. The van der Waals surface area contributed by atoms with Crippen LogP contribution in [0, 0.1) is 6.92 Å². The van der Waals surface area contributed by atoms with Crippen molar-refractivity contribution >= 4 is 50.5 Å². The normalized spacial score (nSPS) is 15.7. The van der Waals surface area contributed by atoms with E-state index in [1.54, 1.807) is 28.4 Å². The highest BCUT2D eigenvalue weighted by Gasteiger charge is 2.35. The number of thiophene rings is 1. The molecule has 0 spiro atoms. The number of aryl methyl sites for hydroxylation is 1. The maximum Gasteiger partial charge on any atom is 0.243 e. The molecule has 4 rings (SSSR count). The van der Waals surface area contributed by atoms with Crippen molar-refractivity contribution in [2.24, 2.45) is 0 Å². The van der Waals surface area contributed by atoms with Gasteiger partial charge in [-0.3, -0.25) is 4.79 Å². The summed E-state index contributed by atoms with van der Waals surface area (Å²) in [5, 5.41) is 3.13. The van der Waals surface area contributed by atoms with Crippen LogP contribution >= 0.6 is 34.5 Å². The van der Waals surface area contributed by atoms with E-state index in [1.165, 1.54) is 33.4 Å². The first kappa shape index (κ1) is 26.9. The van der Waals surface area contributed by atoms with Crippen LogP contribution in [-0.4, -0.2) is 49.8 Å². The Balaban J connectivity index is 1.56. The molecule has 3 aromatic rings. The van der Waals surface area contributed by atoms with E-state index < -0.39 is 10.0 Å². The summed E-state index contributed by atoms with van der Waals surface area (Å²) in [6, 6.07) is 13.2. The Hall–Kier alpha value is -2.10. The number of hydrogen-bond acceptors (Lipinski definition) is 5. The molecule has 0 aliphatic carbocycles. The maximum atomic E-state index is 13.6. The molecule has 1 unspecified atom stereocenters. The molecule has 6 nitrogen and oxygen atoms in total. The smallest absolute Gasteiger partial charge is 0.243 e. The van der Waals surface area contributed by atoms with Crippen molar-refractivity contribution in [1.29, 1.82) is 0 Å². The summed E-state index contributed by atoms with van der Waals surface area (Å²) in [6.45, 7) is 4.55. The molecule has 1 aromatic heterocycles. The van der Waals surface area contributed by atoms with Gasteiger partial charge in [0.15, 0.2) is 0 Å². The fraction of sp³-hybridized carbons (Fsp3) is 0.346. The van der Waals surface area contributed by atoms with Crippen molar-refractivity contribution in [3.05, 3.63) is 80.0 Å². The number of halogens is 2. The van der Waals surface area contributed by atoms with Gasteiger partial charge in [-0.1, -0.05) is 30.1 Å². The Morgan fingerprint density at radius 1 is 1.17 bits per heavy atom. The van der Waals surface area contributed by atoms with Crippen LogP contribution in [0.4, 0.5) is 0 Å². The van der Waals surface area contributed by atoms with Crippen LogP contribution in [0.3, 0.4) is 0 Å². The minimum atomic E-state index is -3.86. The summed E-state index contributed by atoms with van der Waals surface area (Å²) in [5.74, 6) is 0.420. The largest absolute Gasteiger partial charge is 0.491 e. The minimum Gasteiger partial charge on any atom is -0.491 e. The number of carbonyl (C=O) groups excluding carboxylic acids is 1. The second kappa shape index (κ2) is 11.5. The average Bonchev–Trinajstić information content (AvgIpc) is 3.33. The molecule has 0 fully saturated rings. The highest BCUT2D eigenvalue weighted by atomic mass is 35.5. The van der Waals surface area contributed by atoms with Gasteiger partial charge in [0.25, 0.3) is 0 Å². The molecule has 36 heavy (non-hydrogen) atoms. The molecular formula is C26H28Cl2N2O4S2. The van der Waals surface area contributed by atoms with E-state index >= 15 is 0 Å². The van der Waals surface area contributed by atoms with Gasteiger partial charge >= 0.3 is 0 Å². The Morgan fingerprint density at radius 3 is 2.61 bits per heavy atom. The van der Waals surface area contributed by atoms with Gasteiger partial charge < -0.3 is 9.64 Å². The zero-order valence-corrected chi connectivity index (χ0v) is 23.3. The summed E-state index contributed by atoms with van der Waals surface area (Å²) in [7, 11) is -3.86. The highest BCUT2D eigenvalue weighted by Crippen LogP contribution is 2.34. The number of ether oxygens (including phenoxy) is 1.